The number of aliphatic hydroxyl groups excluding tert-OH is 1. The number of anilines is 2. The molecule has 1 aromatic carbocycles. The number of hydrogen-bond acceptors (Lipinski definition) is 6. The number of hydrogen-bond donors (Lipinski definition) is 2. The van der Waals surface area contributed by atoms with Crippen LogP contribution >= 0.6 is 0 Å². The van der Waals surface area contributed by atoms with Gasteiger partial charge >= 0.3 is 0 Å². The van der Waals surface area contributed by atoms with Crippen LogP contribution in [0.25, 0.3) is 11.0 Å². The Hall–Kier alpha value is -1.92. The average molecular weight is 288 g/mol. The van der Waals surface area contributed by atoms with Crippen LogP contribution in [0.5, 0.6) is 0 Å². The SMILES string of the molecule is CC(O)CNc1nc2ccccc2nc1N1CCOCC1. The van der Waals surface area contributed by atoms with Crippen LogP contribution in [0, 0.1) is 0 Å². The number of nitrogens with one attached hydrogen (secondary N) is 1. The minimum atomic E-state index is -0.434. The lowest BCUT2D eigenvalue weighted by atomic mass is 10.3. The van der Waals surface area contributed by atoms with Gasteiger partial charge in [0.15, 0.2) is 11.6 Å². The van der Waals surface area contributed by atoms with E-state index in [0.29, 0.717) is 19.8 Å². The van der Waals surface area contributed by atoms with E-state index in [1.54, 1.807) is 6.92 Å². The minimum absolute atomic E-state index is 0.434. The molecule has 2 heterocycles. The van der Waals surface area contributed by atoms with E-state index in [0.717, 1.165) is 35.8 Å². The van der Waals surface area contributed by atoms with E-state index in [1.165, 1.54) is 0 Å². The van der Waals surface area contributed by atoms with Gasteiger partial charge in [-0.1, -0.05) is 12.1 Å². The first kappa shape index (κ1) is 14.0. The molecule has 1 aliphatic rings. The fourth-order valence-electron chi connectivity index (χ4n) is 2.35. The molecule has 112 valence electrons. The van der Waals surface area contributed by atoms with Crippen LogP contribution in [-0.4, -0.2) is 54.0 Å². The van der Waals surface area contributed by atoms with Gasteiger partial charge in [-0.05, 0) is 19.1 Å². The van der Waals surface area contributed by atoms with Crippen molar-refractivity contribution in [2.24, 2.45) is 0 Å². The minimum Gasteiger partial charge on any atom is -0.392 e. The molecular weight excluding hydrogens is 268 g/mol. The quantitative estimate of drug-likeness (QED) is 0.882. The molecule has 1 aliphatic heterocycles. The smallest absolute Gasteiger partial charge is 0.172 e. The Morgan fingerprint density at radius 2 is 1.90 bits per heavy atom. The molecule has 1 atom stereocenters. The van der Waals surface area contributed by atoms with Crippen LogP contribution in [-0.2, 0) is 4.74 Å². The Morgan fingerprint density at radius 1 is 1.24 bits per heavy atom. The molecule has 2 N–H and O–H groups in total. The molecule has 0 radical (unpaired) electrons. The molecular formula is C15H20N4O2. The third-order valence-corrected chi connectivity index (χ3v) is 3.43. The predicted octanol–water partition coefficient (Wildman–Crippen LogP) is 1.26. The zero-order chi connectivity index (χ0) is 14.7. The number of aromatic nitrogens is 2. The highest BCUT2D eigenvalue weighted by Crippen LogP contribution is 2.25. The fourth-order valence-corrected chi connectivity index (χ4v) is 2.35. The van der Waals surface area contributed by atoms with E-state index in [2.05, 4.69) is 15.2 Å². The van der Waals surface area contributed by atoms with Crippen LogP contribution in [0.3, 0.4) is 0 Å². The summed E-state index contributed by atoms with van der Waals surface area (Å²) in [6.07, 6.45) is -0.434. The Bertz CT molecular complexity index is 612. The second kappa shape index (κ2) is 6.24. The first-order valence-corrected chi connectivity index (χ1v) is 7.25. The van der Waals surface area contributed by atoms with E-state index < -0.39 is 6.10 Å². The van der Waals surface area contributed by atoms with Crippen LogP contribution in [0.4, 0.5) is 11.6 Å². The summed E-state index contributed by atoms with van der Waals surface area (Å²) in [6, 6.07) is 7.82. The summed E-state index contributed by atoms with van der Waals surface area (Å²) >= 11 is 0. The summed E-state index contributed by atoms with van der Waals surface area (Å²) in [4.78, 5) is 11.6. The van der Waals surface area contributed by atoms with Crippen LogP contribution in [0.15, 0.2) is 24.3 Å². The van der Waals surface area contributed by atoms with Gasteiger partial charge < -0.3 is 20.1 Å². The van der Waals surface area contributed by atoms with Crippen molar-refractivity contribution in [3.63, 3.8) is 0 Å². The van der Waals surface area contributed by atoms with E-state index in [9.17, 15) is 5.11 Å². The molecule has 21 heavy (non-hydrogen) atoms. The van der Waals surface area contributed by atoms with E-state index in [1.807, 2.05) is 24.3 Å². The molecule has 6 heteroatoms. The van der Waals surface area contributed by atoms with Crippen molar-refractivity contribution in [1.82, 2.24) is 9.97 Å². The highest BCUT2D eigenvalue weighted by molar-refractivity contribution is 5.80. The molecule has 2 aromatic rings. The number of fused-ring (bicyclic) bond motifs is 1. The lowest BCUT2D eigenvalue weighted by Gasteiger charge is -2.29. The summed E-state index contributed by atoms with van der Waals surface area (Å²) in [5.41, 5.74) is 1.73. The fraction of sp³-hybridized carbons (Fsp3) is 0.467. The van der Waals surface area contributed by atoms with Crippen LogP contribution in [0.2, 0.25) is 0 Å². The van der Waals surface area contributed by atoms with Gasteiger partial charge in [0.05, 0.1) is 30.4 Å². The average Bonchev–Trinajstić information content (AvgIpc) is 2.53. The highest BCUT2D eigenvalue weighted by atomic mass is 16.5. The largest absolute Gasteiger partial charge is 0.392 e. The Kier molecular flexibility index (Phi) is 4.17. The molecule has 0 aliphatic carbocycles. The van der Waals surface area contributed by atoms with E-state index in [-0.39, 0.29) is 0 Å². The van der Waals surface area contributed by atoms with Crippen LogP contribution < -0.4 is 10.2 Å². The molecule has 0 spiro atoms. The number of nitrogens with zero attached hydrogens (tertiary/aromatic N) is 3. The normalized spacial score (nSPS) is 17.0. The van der Waals surface area contributed by atoms with Gasteiger partial charge in [-0.25, -0.2) is 9.97 Å². The van der Waals surface area contributed by atoms with Gasteiger partial charge in [0.2, 0.25) is 0 Å². The van der Waals surface area contributed by atoms with Gasteiger partial charge in [-0.2, -0.15) is 0 Å². The summed E-state index contributed by atoms with van der Waals surface area (Å²) < 4.78 is 5.40. The zero-order valence-corrected chi connectivity index (χ0v) is 12.1. The van der Waals surface area contributed by atoms with Gasteiger partial charge in [0.1, 0.15) is 0 Å². The van der Waals surface area contributed by atoms with Gasteiger partial charge in [-0.3, -0.25) is 0 Å². The Labute approximate surface area is 123 Å². The molecule has 3 rings (SSSR count). The first-order valence-electron chi connectivity index (χ1n) is 7.25. The number of ether oxygens (including phenoxy) is 1. The van der Waals surface area contributed by atoms with Crippen molar-refractivity contribution in [3.8, 4) is 0 Å². The standard InChI is InChI=1S/C15H20N4O2/c1-11(20)10-16-14-15(19-6-8-21-9-7-19)18-13-5-3-2-4-12(13)17-14/h2-5,11,20H,6-10H2,1H3,(H,16,17). The first-order chi connectivity index (χ1) is 10.2. The molecule has 1 unspecified atom stereocenters. The summed E-state index contributed by atoms with van der Waals surface area (Å²) in [7, 11) is 0. The predicted molar refractivity (Wildman–Crippen MR) is 82.7 cm³/mol. The number of aliphatic hydroxyl groups is 1. The van der Waals surface area contributed by atoms with Crippen molar-refractivity contribution in [2.45, 2.75) is 13.0 Å². The maximum Gasteiger partial charge on any atom is 0.172 e. The lowest BCUT2D eigenvalue weighted by molar-refractivity contribution is 0.122. The molecule has 0 bridgehead atoms. The summed E-state index contributed by atoms with van der Waals surface area (Å²) in [5, 5.41) is 12.7. The second-order valence-corrected chi connectivity index (χ2v) is 5.21. The van der Waals surface area contributed by atoms with E-state index in [4.69, 9.17) is 9.72 Å². The zero-order valence-electron chi connectivity index (χ0n) is 12.1. The van der Waals surface area contributed by atoms with E-state index >= 15 is 0 Å². The van der Waals surface area contributed by atoms with Gasteiger partial charge in [0.25, 0.3) is 0 Å². The van der Waals surface area contributed by atoms with Crippen molar-refractivity contribution < 1.29 is 9.84 Å². The highest BCUT2D eigenvalue weighted by Gasteiger charge is 2.18. The maximum atomic E-state index is 9.48. The number of para-hydroxylation sites is 2. The van der Waals surface area contributed by atoms with Crippen molar-refractivity contribution in [2.75, 3.05) is 43.1 Å². The molecule has 1 aromatic heterocycles. The number of rotatable bonds is 4. The topological polar surface area (TPSA) is 70.5 Å². The molecule has 1 saturated heterocycles. The maximum absolute atomic E-state index is 9.48. The van der Waals surface area contributed by atoms with Gasteiger partial charge in [-0.15, -0.1) is 0 Å². The molecule has 6 nitrogen and oxygen atoms in total. The second-order valence-electron chi connectivity index (χ2n) is 5.21. The molecule has 0 amide bonds. The Balaban J connectivity index is 1.98. The lowest BCUT2D eigenvalue weighted by Crippen LogP contribution is -2.37. The van der Waals surface area contributed by atoms with Gasteiger partial charge in [0, 0.05) is 19.6 Å². The molecule has 0 saturated carbocycles. The number of benzene rings is 1. The monoisotopic (exact) mass is 288 g/mol. The summed E-state index contributed by atoms with van der Waals surface area (Å²) in [6.45, 7) is 5.20. The van der Waals surface area contributed by atoms with Crippen molar-refractivity contribution >= 4 is 22.7 Å². The van der Waals surface area contributed by atoms with Crippen LogP contribution in [0.1, 0.15) is 6.92 Å². The number of morpholine rings is 1. The van der Waals surface area contributed by atoms with Crippen molar-refractivity contribution in [3.05, 3.63) is 24.3 Å². The third kappa shape index (κ3) is 3.22. The Morgan fingerprint density at radius 3 is 2.57 bits per heavy atom. The van der Waals surface area contributed by atoms with Crippen molar-refractivity contribution in [1.29, 1.82) is 0 Å². The third-order valence-electron chi connectivity index (χ3n) is 3.43. The molecule has 1 fully saturated rings. The summed E-state index contributed by atoms with van der Waals surface area (Å²) in [5.74, 6) is 1.55.